The first kappa shape index (κ1) is 21.7. The van der Waals surface area contributed by atoms with E-state index in [1.54, 1.807) is 22.7 Å². The Morgan fingerprint density at radius 2 is 0.867 bits per heavy atom. The zero-order valence-electron chi connectivity index (χ0n) is 17.4. The van der Waals surface area contributed by atoms with E-state index in [0.717, 1.165) is 32.0 Å². The fourth-order valence-electron chi connectivity index (χ4n) is 2.98. The molecule has 0 bridgehead atoms. The summed E-state index contributed by atoms with van der Waals surface area (Å²) in [5.74, 6) is 0. The van der Waals surface area contributed by atoms with Crippen LogP contribution in [-0.2, 0) is 0 Å². The first-order valence-electron chi connectivity index (χ1n) is 9.46. The molecule has 0 saturated heterocycles. The van der Waals surface area contributed by atoms with E-state index in [9.17, 15) is 0 Å². The standard InChI is InChI=1S/C16H14N2S2.C8H10N2/c1-9-3-7-13(19-9)11-5-6-12(16(18)15(11)17)14-8-4-10(2)20-14;1-5-3-4-6(2)8(10)7(5)9/h3-8,17-18H,1-2H3;3-4,9-10H,1-2H3. The topological polar surface area (TPSA) is 95.4 Å². The Balaban J connectivity index is 0.000000216. The molecular weight excluding hydrogens is 408 g/mol. The monoisotopic (exact) mass is 432 g/mol. The Morgan fingerprint density at radius 3 is 1.17 bits per heavy atom. The second kappa shape index (κ2) is 8.81. The van der Waals surface area contributed by atoms with Crippen molar-refractivity contribution in [3.8, 4) is 0 Å². The molecule has 2 aromatic heterocycles. The fraction of sp³-hybridized carbons (Fsp3) is 0.167. The van der Waals surface area contributed by atoms with Crippen LogP contribution in [0.15, 0.2) is 59.7 Å². The highest BCUT2D eigenvalue weighted by Gasteiger charge is 2.22. The van der Waals surface area contributed by atoms with Crippen LogP contribution in [0.25, 0.3) is 11.1 Å². The molecule has 0 amide bonds. The van der Waals surface area contributed by atoms with Gasteiger partial charge in [0.25, 0.3) is 0 Å². The Bertz CT molecular complexity index is 1090. The molecule has 0 unspecified atom stereocenters. The Kier molecular flexibility index (Phi) is 6.39. The number of allylic oxidation sites excluding steroid dienone is 8. The number of hydrogen-bond acceptors (Lipinski definition) is 6. The third kappa shape index (κ3) is 4.45. The molecule has 4 N–H and O–H groups in total. The third-order valence-corrected chi connectivity index (χ3v) is 6.91. The first-order chi connectivity index (χ1) is 14.2. The van der Waals surface area contributed by atoms with Gasteiger partial charge in [0.1, 0.15) is 0 Å². The molecule has 152 valence electrons. The lowest BCUT2D eigenvalue weighted by atomic mass is 9.92. The summed E-state index contributed by atoms with van der Waals surface area (Å²) in [6, 6.07) is 8.17. The van der Waals surface area contributed by atoms with Crippen LogP contribution < -0.4 is 0 Å². The lowest BCUT2D eigenvalue weighted by Crippen LogP contribution is -2.17. The number of nitrogens with one attached hydrogen (secondary N) is 4. The van der Waals surface area contributed by atoms with Gasteiger partial charge in [0.2, 0.25) is 0 Å². The van der Waals surface area contributed by atoms with Crippen molar-refractivity contribution in [2.24, 2.45) is 0 Å². The van der Waals surface area contributed by atoms with E-state index in [0.29, 0.717) is 22.8 Å². The molecule has 0 aromatic carbocycles. The van der Waals surface area contributed by atoms with Gasteiger partial charge >= 0.3 is 0 Å². The molecule has 4 nitrogen and oxygen atoms in total. The van der Waals surface area contributed by atoms with Gasteiger partial charge in [0, 0.05) is 30.7 Å². The van der Waals surface area contributed by atoms with Crippen LogP contribution in [0.3, 0.4) is 0 Å². The summed E-state index contributed by atoms with van der Waals surface area (Å²) in [6.45, 7) is 7.81. The summed E-state index contributed by atoms with van der Waals surface area (Å²) in [5.41, 5.74) is 4.77. The maximum atomic E-state index is 8.26. The minimum atomic E-state index is 0.315. The molecule has 2 aliphatic rings. The van der Waals surface area contributed by atoms with Crippen LogP contribution in [0.5, 0.6) is 0 Å². The van der Waals surface area contributed by atoms with E-state index in [1.807, 2.05) is 50.3 Å². The quantitative estimate of drug-likeness (QED) is 0.372. The highest BCUT2D eigenvalue weighted by Crippen LogP contribution is 2.33. The largest absolute Gasteiger partial charge is 0.298 e. The molecule has 6 heteroatoms. The SMILES string of the molecule is CC1=CC=C(C)C(=N)C1=N.Cc1ccc(C2=CC=C(c3ccc(C)s3)C(=N)C2=N)s1. The van der Waals surface area contributed by atoms with Crippen molar-refractivity contribution in [3.63, 3.8) is 0 Å². The molecule has 2 aromatic rings. The van der Waals surface area contributed by atoms with Crippen molar-refractivity contribution in [3.05, 3.63) is 79.2 Å². The van der Waals surface area contributed by atoms with E-state index in [2.05, 4.69) is 26.0 Å². The summed E-state index contributed by atoms with van der Waals surface area (Å²) in [7, 11) is 0. The average molecular weight is 433 g/mol. The molecule has 0 fully saturated rings. The molecule has 2 heterocycles. The normalized spacial score (nSPS) is 16.4. The van der Waals surface area contributed by atoms with Crippen LogP contribution in [0.1, 0.15) is 33.4 Å². The van der Waals surface area contributed by atoms with Crippen LogP contribution in [0, 0.1) is 35.5 Å². The third-order valence-electron chi connectivity index (χ3n) is 4.84. The number of hydrogen-bond donors (Lipinski definition) is 4. The molecule has 0 saturated carbocycles. The van der Waals surface area contributed by atoms with E-state index in [-0.39, 0.29) is 0 Å². The van der Waals surface area contributed by atoms with Crippen molar-refractivity contribution in [1.82, 2.24) is 0 Å². The molecule has 30 heavy (non-hydrogen) atoms. The van der Waals surface area contributed by atoms with Gasteiger partial charge in [-0.2, -0.15) is 0 Å². The maximum Gasteiger partial charge on any atom is 0.0882 e. The summed E-state index contributed by atoms with van der Waals surface area (Å²) in [5, 5.41) is 31.3. The molecule has 0 atom stereocenters. The van der Waals surface area contributed by atoms with Crippen molar-refractivity contribution in [2.75, 3.05) is 0 Å². The molecule has 4 rings (SSSR count). The van der Waals surface area contributed by atoms with Gasteiger partial charge in [-0.25, -0.2) is 0 Å². The minimum absolute atomic E-state index is 0.315. The molecular formula is C24H24N4S2. The highest BCUT2D eigenvalue weighted by molar-refractivity contribution is 7.14. The average Bonchev–Trinajstić information content (AvgIpc) is 3.34. The van der Waals surface area contributed by atoms with E-state index in [4.69, 9.17) is 21.6 Å². The summed E-state index contributed by atoms with van der Waals surface area (Å²) in [4.78, 5) is 4.58. The Morgan fingerprint density at radius 1 is 0.500 bits per heavy atom. The van der Waals surface area contributed by atoms with Crippen LogP contribution in [-0.4, -0.2) is 22.8 Å². The van der Waals surface area contributed by atoms with Crippen molar-refractivity contribution in [1.29, 1.82) is 21.6 Å². The number of rotatable bonds is 2. The van der Waals surface area contributed by atoms with Crippen LogP contribution >= 0.6 is 22.7 Å². The van der Waals surface area contributed by atoms with Gasteiger partial charge in [0.15, 0.2) is 0 Å². The van der Waals surface area contributed by atoms with E-state index < -0.39 is 0 Å². The fourth-order valence-corrected chi connectivity index (χ4v) is 4.78. The Hall–Kier alpha value is -2.96. The molecule has 0 radical (unpaired) electrons. The van der Waals surface area contributed by atoms with Gasteiger partial charge in [0.05, 0.1) is 22.8 Å². The summed E-state index contributed by atoms with van der Waals surface area (Å²) in [6.07, 6.45) is 7.68. The molecule has 0 spiro atoms. The van der Waals surface area contributed by atoms with E-state index in [1.165, 1.54) is 9.75 Å². The first-order valence-corrected chi connectivity index (χ1v) is 11.1. The zero-order valence-corrected chi connectivity index (χ0v) is 19.1. The molecule has 2 aliphatic carbocycles. The number of thiophene rings is 2. The lowest BCUT2D eigenvalue weighted by molar-refractivity contribution is 1.39. The van der Waals surface area contributed by atoms with Gasteiger partial charge in [-0.15, -0.1) is 22.7 Å². The number of aryl methyl sites for hydroxylation is 2. The van der Waals surface area contributed by atoms with Gasteiger partial charge in [-0.1, -0.05) is 24.3 Å². The summed E-state index contributed by atoms with van der Waals surface area (Å²) < 4.78 is 0. The predicted octanol–water partition coefficient (Wildman–Crippen LogP) is 6.88. The lowest BCUT2D eigenvalue weighted by Gasteiger charge is -2.15. The highest BCUT2D eigenvalue weighted by atomic mass is 32.1. The van der Waals surface area contributed by atoms with Gasteiger partial charge in [-0.05, 0) is 63.1 Å². The van der Waals surface area contributed by atoms with Crippen LogP contribution in [0.4, 0.5) is 0 Å². The van der Waals surface area contributed by atoms with Crippen molar-refractivity contribution in [2.45, 2.75) is 27.7 Å². The van der Waals surface area contributed by atoms with Crippen molar-refractivity contribution >= 4 is 56.7 Å². The summed E-state index contributed by atoms with van der Waals surface area (Å²) >= 11 is 3.34. The smallest absolute Gasteiger partial charge is 0.0882 e. The minimum Gasteiger partial charge on any atom is -0.298 e. The second-order valence-electron chi connectivity index (χ2n) is 7.18. The van der Waals surface area contributed by atoms with Gasteiger partial charge < -0.3 is 0 Å². The second-order valence-corrected chi connectivity index (χ2v) is 9.76. The molecule has 0 aliphatic heterocycles. The van der Waals surface area contributed by atoms with E-state index >= 15 is 0 Å². The van der Waals surface area contributed by atoms with Gasteiger partial charge in [-0.3, -0.25) is 21.6 Å². The predicted molar refractivity (Wildman–Crippen MR) is 132 cm³/mol. The van der Waals surface area contributed by atoms with Crippen LogP contribution in [0.2, 0.25) is 0 Å². The van der Waals surface area contributed by atoms with Crippen molar-refractivity contribution < 1.29 is 0 Å². The maximum absolute atomic E-state index is 8.26. The Labute approximate surface area is 185 Å². The zero-order chi connectivity index (χ0) is 22.0.